The lowest BCUT2D eigenvalue weighted by atomic mass is 9.87. The third-order valence-corrected chi connectivity index (χ3v) is 5.03. The van der Waals surface area contributed by atoms with Gasteiger partial charge in [0.15, 0.2) is 0 Å². The molecule has 0 aliphatic heterocycles. The van der Waals surface area contributed by atoms with E-state index in [1.165, 1.54) is 11.1 Å². The summed E-state index contributed by atoms with van der Waals surface area (Å²) in [5, 5.41) is 3.83. The molecule has 2 aromatic carbocycles. The molecule has 0 aliphatic carbocycles. The molecule has 0 heterocycles. The zero-order chi connectivity index (χ0) is 19.5. The normalized spacial score (nSPS) is 12.9. The minimum Gasteiger partial charge on any atom is -0.323 e. The Morgan fingerprint density at radius 1 is 1.12 bits per heavy atom. The van der Waals surface area contributed by atoms with Crippen LogP contribution in [0.1, 0.15) is 38.8 Å². The summed E-state index contributed by atoms with van der Waals surface area (Å²) in [5.41, 5.74) is 3.17. The molecular formula is C21H26Cl2N2O. The Bertz CT molecular complexity index is 767. The number of halogens is 2. The van der Waals surface area contributed by atoms with Gasteiger partial charge in [0, 0.05) is 11.6 Å². The molecule has 1 N–H and O–H groups in total. The highest BCUT2D eigenvalue weighted by Gasteiger charge is 2.20. The van der Waals surface area contributed by atoms with E-state index in [1.807, 2.05) is 18.9 Å². The fourth-order valence-corrected chi connectivity index (χ4v) is 3.02. The van der Waals surface area contributed by atoms with Crippen LogP contribution in [0.5, 0.6) is 0 Å². The maximum absolute atomic E-state index is 12.5. The van der Waals surface area contributed by atoms with E-state index in [9.17, 15) is 4.79 Å². The first-order valence-corrected chi connectivity index (χ1v) is 9.39. The van der Waals surface area contributed by atoms with Gasteiger partial charge in [0.2, 0.25) is 5.91 Å². The fourth-order valence-electron chi connectivity index (χ4n) is 2.56. The van der Waals surface area contributed by atoms with Crippen LogP contribution in [-0.2, 0) is 16.8 Å². The molecule has 1 amide bonds. The summed E-state index contributed by atoms with van der Waals surface area (Å²) in [4.78, 5) is 14.5. The summed E-state index contributed by atoms with van der Waals surface area (Å²) in [6.45, 7) is 9.16. The maximum atomic E-state index is 12.5. The monoisotopic (exact) mass is 392 g/mol. The van der Waals surface area contributed by atoms with Crippen molar-refractivity contribution in [1.82, 2.24) is 4.90 Å². The van der Waals surface area contributed by atoms with E-state index in [4.69, 9.17) is 23.2 Å². The van der Waals surface area contributed by atoms with Gasteiger partial charge in [-0.2, -0.15) is 0 Å². The zero-order valence-corrected chi connectivity index (χ0v) is 17.4. The quantitative estimate of drug-likeness (QED) is 0.702. The number of benzene rings is 2. The molecule has 1 unspecified atom stereocenters. The molecule has 0 radical (unpaired) electrons. The summed E-state index contributed by atoms with van der Waals surface area (Å²) in [6.07, 6.45) is 0. The molecule has 2 aromatic rings. The van der Waals surface area contributed by atoms with Crippen LogP contribution in [0.3, 0.4) is 0 Å². The Balaban J connectivity index is 1.99. The second-order valence-corrected chi connectivity index (χ2v) is 8.50. The van der Waals surface area contributed by atoms with Crippen LogP contribution < -0.4 is 5.32 Å². The van der Waals surface area contributed by atoms with Gasteiger partial charge in [-0.25, -0.2) is 0 Å². The molecule has 2 rings (SSSR count). The molecule has 3 nitrogen and oxygen atoms in total. The Labute approximate surface area is 166 Å². The van der Waals surface area contributed by atoms with Gasteiger partial charge in [-0.05, 0) is 48.7 Å². The van der Waals surface area contributed by atoms with Crippen LogP contribution in [0.4, 0.5) is 5.69 Å². The number of likely N-dealkylation sites (N-methyl/N-ethyl adjacent to an activating group) is 1. The van der Waals surface area contributed by atoms with E-state index in [1.54, 1.807) is 18.2 Å². The number of amides is 1. The molecule has 140 valence electrons. The third kappa shape index (κ3) is 5.47. The highest BCUT2D eigenvalue weighted by Crippen LogP contribution is 2.26. The molecule has 0 spiro atoms. The van der Waals surface area contributed by atoms with Crippen molar-refractivity contribution in [3.63, 3.8) is 0 Å². The van der Waals surface area contributed by atoms with E-state index < -0.39 is 0 Å². The molecule has 0 saturated heterocycles. The molecule has 0 fully saturated rings. The maximum Gasteiger partial charge on any atom is 0.241 e. The molecule has 1 atom stereocenters. The summed E-state index contributed by atoms with van der Waals surface area (Å²) in [5.74, 6) is -0.108. The zero-order valence-electron chi connectivity index (χ0n) is 15.9. The number of nitrogens with zero attached hydrogens (tertiary/aromatic N) is 1. The van der Waals surface area contributed by atoms with Crippen LogP contribution in [-0.4, -0.2) is 23.9 Å². The van der Waals surface area contributed by atoms with Gasteiger partial charge in [-0.15, -0.1) is 0 Å². The molecular weight excluding hydrogens is 367 g/mol. The first-order valence-electron chi connectivity index (χ1n) is 8.63. The SMILES string of the molecule is CC(C(=O)Nc1ccc(Cl)cc1Cl)N(C)Cc1ccc(C(C)(C)C)cc1. The van der Waals surface area contributed by atoms with Gasteiger partial charge < -0.3 is 5.32 Å². The largest absolute Gasteiger partial charge is 0.323 e. The molecule has 0 bridgehead atoms. The standard InChI is InChI=1S/C21H26Cl2N2O/c1-14(20(26)24-19-11-10-17(22)12-18(19)23)25(5)13-15-6-8-16(9-7-15)21(2,3)4/h6-12,14H,13H2,1-5H3,(H,24,26). The third-order valence-electron chi connectivity index (χ3n) is 4.48. The van der Waals surface area contributed by atoms with Gasteiger partial charge in [0.1, 0.15) is 0 Å². The van der Waals surface area contributed by atoms with Crippen molar-refractivity contribution >= 4 is 34.8 Å². The Morgan fingerprint density at radius 2 is 1.73 bits per heavy atom. The number of hydrogen-bond acceptors (Lipinski definition) is 2. The predicted molar refractivity (Wildman–Crippen MR) is 111 cm³/mol. The highest BCUT2D eigenvalue weighted by molar-refractivity contribution is 6.36. The minimum absolute atomic E-state index is 0.108. The summed E-state index contributed by atoms with van der Waals surface area (Å²) >= 11 is 12.0. The van der Waals surface area contributed by atoms with Gasteiger partial charge >= 0.3 is 0 Å². The second kappa shape index (κ2) is 8.43. The van der Waals surface area contributed by atoms with Crippen LogP contribution >= 0.6 is 23.2 Å². The van der Waals surface area contributed by atoms with E-state index >= 15 is 0 Å². The van der Waals surface area contributed by atoms with E-state index in [0.29, 0.717) is 22.3 Å². The second-order valence-electron chi connectivity index (χ2n) is 7.65. The Morgan fingerprint density at radius 3 is 2.27 bits per heavy atom. The molecule has 5 heteroatoms. The van der Waals surface area contributed by atoms with Crippen molar-refractivity contribution < 1.29 is 4.79 Å². The van der Waals surface area contributed by atoms with Crippen molar-refractivity contribution in [2.75, 3.05) is 12.4 Å². The topological polar surface area (TPSA) is 32.3 Å². The van der Waals surface area contributed by atoms with Crippen molar-refractivity contribution in [3.8, 4) is 0 Å². The minimum atomic E-state index is -0.302. The van der Waals surface area contributed by atoms with E-state index in [0.717, 1.165) is 0 Å². The number of hydrogen-bond donors (Lipinski definition) is 1. The van der Waals surface area contributed by atoms with Gasteiger partial charge in [0.05, 0.1) is 16.8 Å². The smallest absolute Gasteiger partial charge is 0.241 e. The number of carbonyl (C=O) groups is 1. The number of carbonyl (C=O) groups excluding carboxylic acids is 1. The average molecular weight is 393 g/mol. The average Bonchev–Trinajstić information content (AvgIpc) is 2.56. The molecule has 0 saturated carbocycles. The van der Waals surface area contributed by atoms with Crippen LogP contribution in [0.15, 0.2) is 42.5 Å². The van der Waals surface area contributed by atoms with Crippen molar-refractivity contribution in [3.05, 3.63) is 63.6 Å². The van der Waals surface area contributed by atoms with Crippen LogP contribution in [0, 0.1) is 0 Å². The highest BCUT2D eigenvalue weighted by atomic mass is 35.5. The van der Waals surface area contributed by atoms with Gasteiger partial charge in [-0.3, -0.25) is 9.69 Å². The lowest BCUT2D eigenvalue weighted by Gasteiger charge is -2.25. The molecule has 0 aromatic heterocycles. The molecule has 26 heavy (non-hydrogen) atoms. The van der Waals surface area contributed by atoms with Crippen LogP contribution in [0.25, 0.3) is 0 Å². The lowest BCUT2D eigenvalue weighted by Crippen LogP contribution is -2.39. The first-order chi connectivity index (χ1) is 12.1. The summed E-state index contributed by atoms with van der Waals surface area (Å²) in [6, 6.07) is 13.3. The molecule has 0 aliphatic rings. The van der Waals surface area contributed by atoms with E-state index in [2.05, 4.69) is 50.4 Å². The first kappa shape index (κ1) is 20.8. The Kier molecular flexibility index (Phi) is 6.73. The predicted octanol–water partition coefficient (Wildman–Crippen LogP) is 5.75. The lowest BCUT2D eigenvalue weighted by molar-refractivity contribution is -0.120. The van der Waals surface area contributed by atoms with Gasteiger partial charge in [0.25, 0.3) is 0 Å². The summed E-state index contributed by atoms with van der Waals surface area (Å²) in [7, 11) is 1.94. The van der Waals surface area contributed by atoms with Crippen LogP contribution in [0.2, 0.25) is 10.0 Å². The van der Waals surface area contributed by atoms with Crippen molar-refractivity contribution in [2.45, 2.75) is 45.7 Å². The fraction of sp³-hybridized carbons (Fsp3) is 0.381. The number of rotatable bonds is 5. The van der Waals surface area contributed by atoms with Gasteiger partial charge in [-0.1, -0.05) is 68.2 Å². The summed E-state index contributed by atoms with van der Waals surface area (Å²) < 4.78 is 0. The van der Waals surface area contributed by atoms with Crippen molar-refractivity contribution in [1.29, 1.82) is 0 Å². The number of nitrogens with one attached hydrogen (secondary N) is 1. The Hall–Kier alpha value is -1.55. The number of anilines is 1. The van der Waals surface area contributed by atoms with E-state index in [-0.39, 0.29) is 17.4 Å². The van der Waals surface area contributed by atoms with Crippen molar-refractivity contribution in [2.24, 2.45) is 0 Å².